The van der Waals surface area contributed by atoms with Crippen molar-refractivity contribution < 1.29 is 0 Å². The van der Waals surface area contributed by atoms with Gasteiger partial charge >= 0.3 is 0 Å². The highest BCUT2D eigenvalue weighted by Gasteiger charge is 2.18. The zero-order valence-corrected chi connectivity index (χ0v) is 27.4. The van der Waals surface area contributed by atoms with Gasteiger partial charge in [0, 0.05) is 9.75 Å². The number of fused-ring (bicyclic) bond motifs is 5. The summed E-state index contributed by atoms with van der Waals surface area (Å²) in [5, 5.41) is 3.15. The van der Waals surface area contributed by atoms with E-state index in [0.29, 0.717) is 0 Å². The van der Waals surface area contributed by atoms with Crippen LogP contribution < -0.4 is 0 Å². The van der Waals surface area contributed by atoms with E-state index in [1.54, 1.807) is 64.7 Å². The number of hydrogen-bond acceptors (Lipinski definition) is 2. The Morgan fingerprint density at radius 1 is 0.452 bits per heavy atom. The summed E-state index contributed by atoms with van der Waals surface area (Å²) < 4.78 is 3.11. The summed E-state index contributed by atoms with van der Waals surface area (Å²) >= 11 is 4.04. The van der Waals surface area contributed by atoms with Gasteiger partial charge in [0.05, 0.1) is 9.40 Å². The van der Waals surface area contributed by atoms with Crippen LogP contribution in [-0.2, 0) is 51.4 Å². The van der Waals surface area contributed by atoms with Crippen molar-refractivity contribution in [2.75, 3.05) is 0 Å². The summed E-state index contributed by atoms with van der Waals surface area (Å²) in [7, 11) is 0. The van der Waals surface area contributed by atoms with E-state index in [1.165, 1.54) is 112 Å². The zero-order valence-electron chi connectivity index (χ0n) is 25.7. The van der Waals surface area contributed by atoms with Crippen LogP contribution in [0.5, 0.6) is 0 Å². The molecule has 2 aliphatic rings. The van der Waals surface area contributed by atoms with Gasteiger partial charge in [-0.3, -0.25) is 0 Å². The van der Waals surface area contributed by atoms with Crippen LogP contribution in [0, 0.1) is 13.8 Å². The first kappa shape index (κ1) is 28.4. The maximum absolute atomic E-state index is 2.51. The fourth-order valence-electron chi connectivity index (χ4n) is 7.49. The summed E-state index contributed by atoms with van der Waals surface area (Å²) in [6.45, 7) is 4.60. The van der Waals surface area contributed by atoms with Gasteiger partial charge in [-0.2, -0.15) is 0 Å². The molecular weight excluding hydrogens is 545 g/mol. The molecule has 0 unspecified atom stereocenters. The monoisotopic (exact) mass is 590 g/mol. The van der Waals surface area contributed by atoms with Crippen LogP contribution in [0.3, 0.4) is 0 Å². The Labute approximate surface area is 261 Å². The molecule has 0 spiro atoms. The molecule has 5 aromatic rings. The number of rotatable bonds is 14. The topological polar surface area (TPSA) is 0 Å². The van der Waals surface area contributed by atoms with Crippen LogP contribution in [0.1, 0.15) is 106 Å². The second-order valence-electron chi connectivity index (χ2n) is 13.2. The Bertz CT molecular complexity index is 1580. The average molecular weight is 591 g/mol. The quantitative estimate of drug-likeness (QED) is 0.113. The molecule has 0 saturated heterocycles. The third-order valence-corrected chi connectivity index (χ3v) is 12.3. The van der Waals surface area contributed by atoms with Crippen LogP contribution in [-0.4, -0.2) is 0 Å². The minimum Gasteiger partial charge on any atom is -0.139 e. The maximum Gasteiger partial charge on any atom is 0.0526 e. The molecule has 218 valence electrons. The van der Waals surface area contributed by atoms with E-state index in [0.717, 1.165) is 0 Å². The Hall–Kier alpha value is -2.42. The van der Waals surface area contributed by atoms with Crippen molar-refractivity contribution in [3.63, 3.8) is 0 Å². The number of aryl methyl sites for hydroxylation is 10. The first-order valence-corrected chi connectivity index (χ1v) is 18.4. The Morgan fingerprint density at radius 2 is 0.857 bits per heavy atom. The lowest BCUT2D eigenvalue weighted by Crippen LogP contribution is -2.08. The van der Waals surface area contributed by atoms with Crippen LogP contribution in [0.4, 0.5) is 0 Å². The summed E-state index contributed by atoms with van der Waals surface area (Å²) in [6, 6.07) is 19.5. The molecule has 0 saturated carbocycles. The first-order valence-electron chi connectivity index (χ1n) is 16.8. The molecule has 3 aromatic carbocycles. The second kappa shape index (κ2) is 12.7. The molecule has 2 heteroatoms. The van der Waals surface area contributed by atoms with Gasteiger partial charge in [-0.15, -0.1) is 22.7 Å². The molecule has 0 aliphatic heterocycles. The van der Waals surface area contributed by atoms with E-state index in [9.17, 15) is 0 Å². The third-order valence-electron chi connectivity index (χ3n) is 10.1. The highest BCUT2D eigenvalue weighted by Crippen LogP contribution is 2.43. The number of benzene rings is 3. The van der Waals surface area contributed by atoms with Crippen molar-refractivity contribution in [3.05, 3.63) is 103 Å². The molecule has 0 fully saturated rings. The summed E-state index contributed by atoms with van der Waals surface area (Å²) in [5.41, 5.74) is 12.9. The SMILES string of the molecule is Cc1cc2c(CCCCCCc3ccc4c(c3)CC4)c(CCCCCCc3ccc4c(c3)CC4)c3cc(C)sc3c2s1. The standard InChI is InChI=1S/C40H46S2/c1-27-23-37-35(13-9-5-3-7-11-29-15-17-31-19-21-33(31)25-29)36(38-24-28(2)42-40(38)39(37)41-27)14-10-6-4-8-12-30-16-18-32-20-22-34(32)26-30/h15-18,23-26H,3-14,19-22H2,1-2H3. The number of unbranched alkanes of at least 4 members (excludes halogenated alkanes) is 6. The molecule has 2 heterocycles. The Kier molecular flexibility index (Phi) is 8.55. The normalized spacial score (nSPS) is 13.8. The summed E-state index contributed by atoms with van der Waals surface area (Å²) in [4.78, 5) is 2.93. The second-order valence-corrected chi connectivity index (χ2v) is 15.7. The van der Waals surface area contributed by atoms with Crippen molar-refractivity contribution in [3.8, 4) is 0 Å². The average Bonchev–Trinajstić information content (AvgIpc) is 3.53. The van der Waals surface area contributed by atoms with Gasteiger partial charge < -0.3 is 0 Å². The van der Waals surface area contributed by atoms with E-state index in [2.05, 4.69) is 62.4 Å². The van der Waals surface area contributed by atoms with Gasteiger partial charge in [0.1, 0.15) is 0 Å². The van der Waals surface area contributed by atoms with Crippen LogP contribution >= 0.6 is 22.7 Å². The number of hydrogen-bond donors (Lipinski definition) is 0. The predicted molar refractivity (Wildman–Crippen MR) is 186 cm³/mol. The molecule has 0 atom stereocenters. The largest absolute Gasteiger partial charge is 0.139 e. The maximum atomic E-state index is 2.51. The fraction of sp³-hybridized carbons (Fsp3) is 0.450. The molecule has 2 aliphatic carbocycles. The molecule has 0 radical (unpaired) electrons. The lowest BCUT2D eigenvalue weighted by atomic mass is 9.86. The Morgan fingerprint density at radius 3 is 1.24 bits per heavy atom. The highest BCUT2D eigenvalue weighted by molar-refractivity contribution is 7.27. The van der Waals surface area contributed by atoms with Crippen LogP contribution in [0.2, 0.25) is 0 Å². The fourth-order valence-corrected chi connectivity index (χ4v) is 9.72. The van der Waals surface area contributed by atoms with E-state index in [4.69, 9.17) is 0 Å². The lowest BCUT2D eigenvalue weighted by Gasteiger charge is -2.19. The first-order chi connectivity index (χ1) is 20.6. The molecule has 0 bridgehead atoms. The smallest absolute Gasteiger partial charge is 0.0526 e. The van der Waals surface area contributed by atoms with Crippen LogP contribution in [0.25, 0.3) is 20.2 Å². The van der Waals surface area contributed by atoms with Crippen molar-refractivity contribution in [1.82, 2.24) is 0 Å². The van der Waals surface area contributed by atoms with Gasteiger partial charge in [-0.1, -0.05) is 62.1 Å². The molecule has 0 N–H and O–H groups in total. The van der Waals surface area contributed by atoms with Gasteiger partial charge in [0.25, 0.3) is 0 Å². The minimum absolute atomic E-state index is 1.24. The molecule has 0 amide bonds. The van der Waals surface area contributed by atoms with E-state index in [1.807, 2.05) is 22.7 Å². The molecule has 7 rings (SSSR count). The summed E-state index contributed by atoms with van der Waals surface area (Å²) in [6.07, 6.45) is 20.8. The molecule has 2 aromatic heterocycles. The molecular formula is C40H46S2. The molecule has 0 nitrogen and oxygen atoms in total. The zero-order chi connectivity index (χ0) is 28.5. The van der Waals surface area contributed by atoms with Gasteiger partial charge in [0.2, 0.25) is 0 Å². The van der Waals surface area contributed by atoms with Gasteiger partial charge in [-0.25, -0.2) is 0 Å². The predicted octanol–water partition coefficient (Wildman–Crippen LogP) is 11.6. The van der Waals surface area contributed by atoms with Crippen molar-refractivity contribution in [1.29, 1.82) is 0 Å². The van der Waals surface area contributed by atoms with E-state index in [-0.39, 0.29) is 0 Å². The van der Waals surface area contributed by atoms with Gasteiger partial charge in [0.15, 0.2) is 0 Å². The van der Waals surface area contributed by atoms with E-state index >= 15 is 0 Å². The van der Waals surface area contributed by atoms with Crippen molar-refractivity contribution in [2.45, 2.75) is 117 Å². The van der Waals surface area contributed by atoms with Crippen molar-refractivity contribution >= 4 is 42.8 Å². The number of thiophene rings is 2. The van der Waals surface area contributed by atoms with E-state index < -0.39 is 0 Å². The molecule has 42 heavy (non-hydrogen) atoms. The minimum atomic E-state index is 1.24. The highest BCUT2D eigenvalue weighted by atomic mass is 32.1. The Balaban J connectivity index is 0.974. The van der Waals surface area contributed by atoms with Crippen molar-refractivity contribution in [2.24, 2.45) is 0 Å². The third kappa shape index (κ3) is 6.00. The lowest BCUT2D eigenvalue weighted by molar-refractivity contribution is 0.629. The van der Waals surface area contributed by atoms with Crippen LogP contribution in [0.15, 0.2) is 48.5 Å². The summed E-state index contributed by atoms with van der Waals surface area (Å²) in [5.74, 6) is 0. The van der Waals surface area contributed by atoms with Gasteiger partial charge in [-0.05, 0) is 158 Å².